The van der Waals surface area contributed by atoms with Crippen molar-refractivity contribution in [2.45, 2.75) is 24.3 Å². The van der Waals surface area contributed by atoms with Crippen LogP contribution in [0.1, 0.15) is 13.8 Å². The number of sulfone groups is 1. The molecule has 0 spiro atoms. The highest BCUT2D eigenvalue weighted by Crippen LogP contribution is 2.09. The molecule has 23 heavy (non-hydrogen) atoms. The lowest BCUT2D eigenvalue weighted by molar-refractivity contribution is 0.0268. The van der Waals surface area contributed by atoms with Crippen LogP contribution in [-0.4, -0.2) is 53.0 Å². The summed E-state index contributed by atoms with van der Waals surface area (Å²) in [5, 5.41) is 6.10. The monoisotopic (exact) mass is 455 g/mol. The zero-order valence-corrected chi connectivity index (χ0v) is 17.1. The van der Waals surface area contributed by atoms with Crippen LogP contribution in [-0.2, 0) is 14.6 Å². The highest BCUT2D eigenvalue weighted by Gasteiger charge is 2.17. The van der Waals surface area contributed by atoms with E-state index in [1.54, 1.807) is 44.5 Å². The van der Waals surface area contributed by atoms with Gasteiger partial charge < -0.3 is 15.4 Å². The largest absolute Gasteiger partial charge is 0.377 e. The Morgan fingerprint density at radius 3 is 2.35 bits per heavy atom. The normalized spacial score (nSPS) is 12.4. The molecule has 2 N–H and O–H groups in total. The van der Waals surface area contributed by atoms with Crippen LogP contribution in [0.3, 0.4) is 0 Å². The van der Waals surface area contributed by atoms with Gasteiger partial charge in [0, 0.05) is 27.2 Å². The summed E-state index contributed by atoms with van der Waals surface area (Å²) in [5.41, 5.74) is -0.326. The van der Waals surface area contributed by atoms with Gasteiger partial charge in [-0.1, -0.05) is 18.2 Å². The molecule has 0 radical (unpaired) electrons. The molecule has 0 saturated carbocycles. The van der Waals surface area contributed by atoms with Crippen LogP contribution in [0.2, 0.25) is 0 Å². The summed E-state index contributed by atoms with van der Waals surface area (Å²) in [6.45, 7) is 4.75. The Kier molecular flexibility index (Phi) is 9.71. The maximum atomic E-state index is 12.1. The minimum Gasteiger partial charge on any atom is -0.377 e. The Morgan fingerprint density at radius 1 is 1.22 bits per heavy atom. The van der Waals surface area contributed by atoms with E-state index < -0.39 is 9.84 Å². The Bertz CT molecular complexity index is 589. The first kappa shape index (κ1) is 22.1. The van der Waals surface area contributed by atoms with E-state index in [2.05, 4.69) is 15.6 Å². The predicted octanol–water partition coefficient (Wildman–Crippen LogP) is 1.67. The summed E-state index contributed by atoms with van der Waals surface area (Å²) in [6.07, 6.45) is 0. The molecule has 0 bridgehead atoms. The summed E-state index contributed by atoms with van der Waals surface area (Å²) in [7, 11) is 0.000727. The summed E-state index contributed by atoms with van der Waals surface area (Å²) < 4.78 is 29.6. The number of nitrogens with one attached hydrogen (secondary N) is 2. The van der Waals surface area contributed by atoms with Crippen LogP contribution in [0.5, 0.6) is 0 Å². The summed E-state index contributed by atoms with van der Waals surface area (Å²) in [4.78, 5) is 4.40. The van der Waals surface area contributed by atoms with E-state index in [0.717, 1.165) is 0 Å². The van der Waals surface area contributed by atoms with E-state index in [4.69, 9.17) is 4.74 Å². The minimum atomic E-state index is -3.28. The first-order chi connectivity index (χ1) is 10.3. The van der Waals surface area contributed by atoms with Gasteiger partial charge in [0.1, 0.15) is 0 Å². The van der Waals surface area contributed by atoms with E-state index in [1.165, 1.54) is 0 Å². The van der Waals surface area contributed by atoms with Crippen LogP contribution in [0.15, 0.2) is 40.2 Å². The van der Waals surface area contributed by atoms with Crippen LogP contribution >= 0.6 is 24.0 Å². The van der Waals surface area contributed by atoms with Gasteiger partial charge in [-0.3, -0.25) is 4.99 Å². The number of halogens is 1. The molecule has 1 aromatic rings. The number of methoxy groups -OCH3 is 1. The molecule has 132 valence electrons. The molecule has 1 aromatic carbocycles. The SMILES string of the molecule is CN=C(NCCS(=O)(=O)c1ccccc1)NCC(C)(C)OC.I. The summed E-state index contributed by atoms with van der Waals surface area (Å²) >= 11 is 0. The molecule has 8 heteroatoms. The van der Waals surface area contributed by atoms with Crippen LogP contribution < -0.4 is 10.6 Å². The highest BCUT2D eigenvalue weighted by atomic mass is 127. The third-order valence-corrected chi connectivity index (χ3v) is 4.96. The number of benzene rings is 1. The van der Waals surface area contributed by atoms with Gasteiger partial charge in [-0.25, -0.2) is 8.42 Å². The second-order valence-corrected chi connectivity index (χ2v) is 7.56. The van der Waals surface area contributed by atoms with Crippen molar-refractivity contribution in [2.24, 2.45) is 4.99 Å². The maximum absolute atomic E-state index is 12.1. The third kappa shape index (κ3) is 7.98. The van der Waals surface area contributed by atoms with E-state index in [1.807, 2.05) is 13.8 Å². The Labute approximate surface area is 156 Å². The van der Waals surface area contributed by atoms with Gasteiger partial charge in [0.25, 0.3) is 0 Å². The second-order valence-electron chi connectivity index (χ2n) is 5.45. The van der Waals surface area contributed by atoms with Crippen molar-refractivity contribution >= 4 is 39.8 Å². The number of nitrogens with zero attached hydrogens (tertiary/aromatic N) is 1. The van der Waals surface area contributed by atoms with E-state index in [-0.39, 0.29) is 41.9 Å². The molecule has 0 unspecified atom stereocenters. The van der Waals surface area contributed by atoms with Crippen molar-refractivity contribution in [3.05, 3.63) is 30.3 Å². The summed E-state index contributed by atoms with van der Waals surface area (Å²) in [5.74, 6) is 0.555. The van der Waals surface area contributed by atoms with Crippen molar-refractivity contribution in [1.82, 2.24) is 10.6 Å². The molecule has 0 aliphatic rings. The number of guanidine groups is 1. The topological polar surface area (TPSA) is 79.8 Å². The van der Waals surface area contributed by atoms with Crippen molar-refractivity contribution < 1.29 is 13.2 Å². The number of aliphatic imine (C=N–C) groups is 1. The van der Waals surface area contributed by atoms with Crippen molar-refractivity contribution in [3.8, 4) is 0 Å². The van der Waals surface area contributed by atoms with Crippen LogP contribution in [0, 0.1) is 0 Å². The smallest absolute Gasteiger partial charge is 0.191 e. The lowest BCUT2D eigenvalue weighted by atomic mass is 10.1. The lowest BCUT2D eigenvalue weighted by Gasteiger charge is -2.24. The molecule has 0 fully saturated rings. The fraction of sp³-hybridized carbons (Fsp3) is 0.533. The fourth-order valence-corrected chi connectivity index (χ4v) is 2.82. The standard InChI is InChI=1S/C15H25N3O3S.HI/c1-15(2,21-4)12-18-14(16-3)17-10-11-22(19,20)13-8-6-5-7-9-13;/h5-9H,10-12H2,1-4H3,(H2,16,17,18);1H. The minimum absolute atomic E-state index is 0. The van der Waals surface area contributed by atoms with E-state index in [0.29, 0.717) is 17.4 Å². The van der Waals surface area contributed by atoms with Gasteiger partial charge in [-0.15, -0.1) is 24.0 Å². The average molecular weight is 455 g/mol. The number of hydrogen-bond donors (Lipinski definition) is 2. The van der Waals surface area contributed by atoms with Gasteiger partial charge in [0.05, 0.1) is 16.2 Å². The molecule has 0 aliphatic heterocycles. The molecular weight excluding hydrogens is 429 g/mol. The van der Waals surface area contributed by atoms with Crippen molar-refractivity contribution in [1.29, 1.82) is 0 Å². The predicted molar refractivity (Wildman–Crippen MR) is 104 cm³/mol. The van der Waals surface area contributed by atoms with E-state index >= 15 is 0 Å². The third-order valence-electron chi connectivity index (χ3n) is 3.22. The maximum Gasteiger partial charge on any atom is 0.191 e. The van der Waals surface area contributed by atoms with E-state index in [9.17, 15) is 8.42 Å². The Morgan fingerprint density at radius 2 is 1.83 bits per heavy atom. The molecule has 0 saturated heterocycles. The molecule has 0 atom stereocenters. The van der Waals surface area contributed by atoms with Crippen molar-refractivity contribution in [2.75, 3.05) is 33.0 Å². The van der Waals surface area contributed by atoms with Gasteiger partial charge in [-0.2, -0.15) is 0 Å². The number of hydrogen-bond acceptors (Lipinski definition) is 4. The summed E-state index contributed by atoms with van der Waals surface area (Å²) in [6, 6.07) is 8.43. The number of rotatable bonds is 7. The molecule has 6 nitrogen and oxygen atoms in total. The average Bonchev–Trinajstić information content (AvgIpc) is 2.51. The number of ether oxygens (including phenoxy) is 1. The van der Waals surface area contributed by atoms with Gasteiger partial charge in [0.15, 0.2) is 15.8 Å². The van der Waals surface area contributed by atoms with Gasteiger partial charge >= 0.3 is 0 Å². The highest BCUT2D eigenvalue weighted by molar-refractivity contribution is 14.0. The van der Waals surface area contributed by atoms with Gasteiger partial charge in [-0.05, 0) is 26.0 Å². The first-order valence-corrected chi connectivity index (χ1v) is 8.73. The first-order valence-electron chi connectivity index (χ1n) is 7.08. The Hall–Kier alpha value is -0.870. The molecule has 0 amide bonds. The van der Waals surface area contributed by atoms with Crippen molar-refractivity contribution in [3.63, 3.8) is 0 Å². The second kappa shape index (κ2) is 10.1. The van der Waals surface area contributed by atoms with Crippen LogP contribution in [0.25, 0.3) is 0 Å². The molecule has 0 heterocycles. The van der Waals surface area contributed by atoms with Gasteiger partial charge in [0.2, 0.25) is 0 Å². The Balaban J connectivity index is 0.00000484. The quantitative estimate of drug-likeness (QED) is 0.372. The van der Waals surface area contributed by atoms with Crippen LogP contribution in [0.4, 0.5) is 0 Å². The zero-order valence-electron chi connectivity index (χ0n) is 14.0. The zero-order chi connectivity index (χ0) is 16.6. The molecule has 1 rings (SSSR count). The molecular formula is C15H26IN3O3S. The lowest BCUT2D eigenvalue weighted by Crippen LogP contribution is -2.46. The molecule has 0 aliphatic carbocycles. The fourth-order valence-electron chi connectivity index (χ4n) is 1.64. The molecule has 0 aromatic heterocycles.